The van der Waals surface area contributed by atoms with E-state index >= 15 is 0 Å². The van der Waals surface area contributed by atoms with Crippen LogP contribution in [0.4, 0.5) is 8.78 Å². The highest BCUT2D eigenvalue weighted by Gasteiger charge is 2.32. The van der Waals surface area contributed by atoms with Gasteiger partial charge in [-0.25, -0.2) is 17.2 Å². The predicted molar refractivity (Wildman–Crippen MR) is 62.3 cm³/mol. The standard InChI is InChI=1S/C11H14F2N2O2S/c12-9-3-10(13)5-11(4-9)18(16,17)15-2-1-8(6-14)7-15/h3-5,8H,1-2,6-7,14H2/t8-/m0/s1. The Bertz CT molecular complexity index is 528. The van der Waals surface area contributed by atoms with Crippen LogP contribution in [0.3, 0.4) is 0 Å². The smallest absolute Gasteiger partial charge is 0.243 e. The third kappa shape index (κ3) is 2.52. The molecule has 0 radical (unpaired) electrons. The molecule has 0 spiro atoms. The minimum Gasteiger partial charge on any atom is -0.330 e. The molecule has 18 heavy (non-hydrogen) atoms. The molecular weight excluding hydrogens is 262 g/mol. The van der Waals surface area contributed by atoms with Crippen LogP contribution in [0.25, 0.3) is 0 Å². The molecule has 0 unspecified atom stereocenters. The first-order valence-electron chi connectivity index (χ1n) is 5.60. The van der Waals surface area contributed by atoms with Crippen molar-refractivity contribution in [1.29, 1.82) is 0 Å². The van der Waals surface area contributed by atoms with Crippen LogP contribution in [0.2, 0.25) is 0 Å². The second-order valence-electron chi connectivity index (χ2n) is 4.36. The zero-order chi connectivity index (χ0) is 13.3. The van der Waals surface area contributed by atoms with Crippen molar-refractivity contribution in [2.75, 3.05) is 19.6 Å². The van der Waals surface area contributed by atoms with E-state index in [0.29, 0.717) is 32.1 Å². The Morgan fingerprint density at radius 3 is 2.39 bits per heavy atom. The van der Waals surface area contributed by atoms with Gasteiger partial charge in [0.15, 0.2) is 0 Å². The van der Waals surface area contributed by atoms with Crippen molar-refractivity contribution >= 4 is 10.0 Å². The normalized spacial score (nSPS) is 21.4. The Morgan fingerprint density at radius 2 is 1.89 bits per heavy atom. The SMILES string of the molecule is NC[C@@H]1CCN(S(=O)(=O)c2cc(F)cc(F)c2)C1. The molecule has 2 rings (SSSR count). The minimum atomic E-state index is -3.83. The van der Waals surface area contributed by atoms with Gasteiger partial charge in [0.2, 0.25) is 10.0 Å². The molecule has 0 saturated carbocycles. The van der Waals surface area contributed by atoms with Crippen molar-refractivity contribution in [1.82, 2.24) is 4.31 Å². The summed E-state index contributed by atoms with van der Waals surface area (Å²) in [5.41, 5.74) is 5.48. The molecule has 100 valence electrons. The van der Waals surface area contributed by atoms with Crippen molar-refractivity contribution < 1.29 is 17.2 Å². The summed E-state index contributed by atoms with van der Waals surface area (Å²) >= 11 is 0. The largest absolute Gasteiger partial charge is 0.330 e. The Balaban J connectivity index is 2.31. The number of nitrogens with two attached hydrogens (primary N) is 1. The van der Waals surface area contributed by atoms with Crippen LogP contribution in [0.5, 0.6) is 0 Å². The average Bonchev–Trinajstić information content (AvgIpc) is 2.76. The molecular formula is C11H14F2N2O2S. The topological polar surface area (TPSA) is 63.4 Å². The second-order valence-corrected chi connectivity index (χ2v) is 6.30. The van der Waals surface area contributed by atoms with Crippen molar-refractivity contribution in [3.05, 3.63) is 29.8 Å². The number of hydrogen-bond acceptors (Lipinski definition) is 3. The molecule has 2 N–H and O–H groups in total. The van der Waals surface area contributed by atoms with Gasteiger partial charge in [-0.2, -0.15) is 4.31 Å². The summed E-state index contributed by atoms with van der Waals surface area (Å²) in [6.45, 7) is 1.04. The maximum Gasteiger partial charge on any atom is 0.243 e. The first-order valence-corrected chi connectivity index (χ1v) is 7.04. The Labute approximate surface area is 104 Å². The van der Waals surface area contributed by atoms with Gasteiger partial charge < -0.3 is 5.73 Å². The van der Waals surface area contributed by atoms with E-state index in [4.69, 9.17) is 5.73 Å². The van der Waals surface area contributed by atoms with Crippen molar-refractivity contribution in [3.63, 3.8) is 0 Å². The zero-order valence-corrected chi connectivity index (χ0v) is 10.5. The van der Waals surface area contributed by atoms with E-state index in [2.05, 4.69) is 0 Å². The number of benzene rings is 1. The monoisotopic (exact) mass is 276 g/mol. The average molecular weight is 276 g/mol. The first kappa shape index (κ1) is 13.4. The molecule has 0 bridgehead atoms. The fourth-order valence-electron chi connectivity index (χ4n) is 2.03. The summed E-state index contributed by atoms with van der Waals surface area (Å²) in [5, 5.41) is 0. The number of halogens is 2. The predicted octanol–water partition coefficient (Wildman–Crippen LogP) is 0.934. The minimum absolute atomic E-state index is 0.109. The zero-order valence-electron chi connectivity index (χ0n) is 9.64. The third-order valence-corrected chi connectivity index (χ3v) is 4.90. The van der Waals surface area contributed by atoms with Gasteiger partial charge in [0, 0.05) is 19.2 Å². The van der Waals surface area contributed by atoms with Gasteiger partial charge in [-0.1, -0.05) is 0 Å². The quantitative estimate of drug-likeness (QED) is 0.893. The van der Waals surface area contributed by atoms with Gasteiger partial charge in [-0.15, -0.1) is 0 Å². The van der Waals surface area contributed by atoms with Crippen LogP contribution in [-0.2, 0) is 10.0 Å². The molecule has 1 aromatic carbocycles. The molecule has 0 aromatic heterocycles. The van der Waals surface area contributed by atoms with E-state index in [9.17, 15) is 17.2 Å². The lowest BCUT2D eigenvalue weighted by molar-refractivity contribution is 0.457. The fraction of sp³-hybridized carbons (Fsp3) is 0.455. The molecule has 1 aromatic rings. The Kier molecular flexibility index (Phi) is 3.65. The van der Waals surface area contributed by atoms with Gasteiger partial charge in [0.25, 0.3) is 0 Å². The second kappa shape index (κ2) is 4.91. The highest BCUT2D eigenvalue weighted by Crippen LogP contribution is 2.24. The lowest BCUT2D eigenvalue weighted by Gasteiger charge is -2.16. The molecule has 1 aliphatic heterocycles. The molecule has 4 nitrogen and oxygen atoms in total. The van der Waals surface area contributed by atoms with E-state index in [0.717, 1.165) is 12.1 Å². The van der Waals surface area contributed by atoms with Gasteiger partial charge in [-0.3, -0.25) is 0 Å². The maximum atomic E-state index is 13.0. The number of nitrogens with zero attached hydrogens (tertiary/aromatic N) is 1. The third-order valence-electron chi connectivity index (χ3n) is 3.06. The van der Waals surface area contributed by atoms with Crippen molar-refractivity contribution in [2.24, 2.45) is 11.7 Å². The molecule has 1 aliphatic rings. The lowest BCUT2D eigenvalue weighted by Crippen LogP contribution is -2.30. The van der Waals surface area contributed by atoms with Gasteiger partial charge in [0.05, 0.1) is 4.90 Å². The molecule has 1 saturated heterocycles. The summed E-state index contributed by atoms with van der Waals surface area (Å²) in [6.07, 6.45) is 0.674. The van der Waals surface area contributed by atoms with Crippen molar-refractivity contribution in [3.8, 4) is 0 Å². The Hall–Kier alpha value is -1.05. The van der Waals surface area contributed by atoms with Crippen molar-refractivity contribution in [2.45, 2.75) is 11.3 Å². The van der Waals surface area contributed by atoms with Crippen LogP contribution in [0, 0.1) is 17.6 Å². The summed E-state index contributed by atoms with van der Waals surface area (Å²) in [4.78, 5) is -0.349. The van der Waals surface area contributed by atoms with Crippen LogP contribution >= 0.6 is 0 Å². The fourth-order valence-corrected chi connectivity index (χ4v) is 3.61. The highest BCUT2D eigenvalue weighted by molar-refractivity contribution is 7.89. The van der Waals surface area contributed by atoms with Gasteiger partial charge in [0.1, 0.15) is 11.6 Å². The van der Waals surface area contributed by atoms with E-state index in [-0.39, 0.29) is 10.8 Å². The van der Waals surface area contributed by atoms with E-state index in [1.54, 1.807) is 0 Å². The molecule has 0 aliphatic carbocycles. The molecule has 0 amide bonds. The molecule has 1 atom stereocenters. The molecule has 7 heteroatoms. The van der Waals surface area contributed by atoms with E-state index < -0.39 is 21.7 Å². The maximum absolute atomic E-state index is 13.0. The number of hydrogen-bond donors (Lipinski definition) is 1. The summed E-state index contributed by atoms with van der Waals surface area (Å²) in [7, 11) is -3.83. The van der Waals surface area contributed by atoms with Crippen LogP contribution in [-0.4, -0.2) is 32.4 Å². The first-order chi connectivity index (χ1) is 8.43. The summed E-state index contributed by atoms with van der Waals surface area (Å²) < 4.78 is 51.6. The van der Waals surface area contributed by atoms with E-state index in [1.165, 1.54) is 4.31 Å². The number of sulfonamides is 1. The van der Waals surface area contributed by atoms with Crippen LogP contribution < -0.4 is 5.73 Å². The molecule has 1 heterocycles. The highest BCUT2D eigenvalue weighted by atomic mass is 32.2. The molecule has 1 fully saturated rings. The van der Waals surface area contributed by atoms with Crippen LogP contribution in [0.15, 0.2) is 23.1 Å². The van der Waals surface area contributed by atoms with Crippen LogP contribution in [0.1, 0.15) is 6.42 Å². The van der Waals surface area contributed by atoms with Gasteiger partial charge >= 0.3 is 0 Å². The van der Waals surface area contributed by atoms with E-state index in [1.807, 2.05) is 0 Å². The summed E-state index contributed by atoms with van der Waals surface area (Å²) in [5.74, 6) is -1.69. The summed E-state index contributed by atoms with van der Waals surface area (Å²) in [6, 6.07) is 2.30. The van der Waals surface area contributed by atoms with Gasteiger partial charge in [-0.05, 0) is 31.0 Å². The lowest BCUT2D eigenvalue weighted by atomic mass is 10.1. The number of rotatable bonds is 3. The Morgan fingerprint density at radius 1 is 1.28 bits per heavy atom.